The third-order valence-electron chi connectivity index (χ3n) is 3.42. The summed E-state index contributed by atoms with van der Waals surface area (Å²) in [6, 6.07) is 9.32. The van der Waals surface area contributed by atoms with Crippen LogP contribution in [0.25, 0.3) is 0 Å². The Balaban J connectivity index is 2.34. The van der Waals surface area contributed by atoms with Crippen molar-refractivity contribution in [3.05, 3.63) is 35.9 Å². The van der Waals surface area contributed by atoms with Gasteiger partial charge in [0.05, 0.1) is 11.5 Å². The van der Waals surface area contributed by atoms with E-state index in [0.29, 0.717) is 12.8 Å². The lowest BCUT2D eigenvalue weighted by molar-refractivity contribution is -0.125. The third kappa shape index (κ3) is 1.95. The molecule has 0 saturated heterocycles. The van der Waals surface area contributed by atoms with Crippen molar-refractivity contribution in [2.75, 3.05) is 0 Å². The average molecular weight is 219 g/mol. The van der Waals surface area contributed by atoms with Gasteiger partial charge >= 0.3 is 0 Å². The smallest absolute Gasteiger partial charge is 0.227 e. The fourth-order valence-corrected chi connectivity index (χ4v) is 2.66. The predicted molar refractivity (Wildman–Crippen MR) is 61.8 cm³/mol. The van der Waals surface area contributed by atoms with E-state index in [1.807, 2.05) is 30.3 Å². The molecule has 1 aromatic carbocycles. The van der Waals surface area contributed by atoms with Crippen LogP contribution in [0.5, 0.6) is 0 Å². The summed E-state index contributed by atoms with van der Waals surface area (Å²) in [5.74, 6) is -1.01. The summed E-state index contributed by atoms with van der Waals surface area (Å²) in [5.41, 5.74) is 5.32. The molecule has 0 bridgehead atoms. The first-order chi connectivity index (χ1) is 7.63. The lowest BCUT2D eigenvalue weighted by Gasteiger charge is -2.30. The first kappa shape index (κ1) is 11.1. The second-order valence-electron chi connectivity index (χ2n) is 4.56. The SMILES string of the molecule is NC(=O)C(c1ccccc1)C1(O)CCCC1. The van der Waals surface area contributed by atoms with Crippen LogP contribution >= 0.6 is 0 Å². The van der Waals surface area contributed by atoms with Gasteiger partial charge in [0.2, 0.25) is 5.91 Å². The molecular weight excluding hydrogens is 202 g/mol. The van der Waals surface area contributed by atoms with E-state index in [2.05, 4.69) is 0 Å². The van der Waals surface area contributed by atoms with Crippen molar-refractivity contribution in [2.24, 2.45) is 5.73 Å². The van der Waals surface area contributed by atoms with Crippen LogP contribution < -0.4 is 5.73 Å². The molecule has 0 spiro atoms. The quantitative estimate of drug-likeness (QED) is 0.810. The summed E-state index contributed by atoms with van der Waals surface area (Å²) in [5, 5.41) is 10.5. The lowest BCUT2D eigenvalue weighted by atomic mass is 9.80. The van der Waals surface area contributed by atoms with Crippen molar-refractivity contribution in [1.29, 1.82) is 0 Å². The molecule has 1 fully saturated rings. The molecular formula is C13H17NO2. The van der Waals surface area contributed by atoms with E-state index in [-0.39, 0.29) is 0 Å². The lowest BCUT2D eigenvalue weighted by Crippen LogP contribution is -2.41. The van der Waals surface area contributed by atoms with E-state index in [9.17, 15) is 9.90 Å². The number of rotatable bonds is 3. The number of primary amides is 1. The molecule has 86 valence electrons. The van der Waals surface area contributed by atoms with Crippen molar-refractivity contribution in [2.45, 2.75) is 37.2 Å². The van der Waals surface area contributed by atoms with Gasteiger partial charge in [0.15, 0.2) is 0 Å². The van der Waals surface area contributed by atoms with Gasteiger partial charge in [-0.05, 0) is 18.4 Å². The molecule has 2 rings (SSSR count). The number of hydrogen-bond acceptors (Lipinski definition) is 2. The summed E-state index contributed by atoms with van der Waals surface area (Å²) in [6.45, 7) is 0. The zero-order valence-electron chi connectivity index (χ0n) is 9.23. The van der Waals surface area contributed by atoms with Gasteiger partial charge in [-0.1, -0.05) is 43.2 Å². The molecule has 0 aromatic heterocycles. The zero-order chi connectivity index (χ0) is 11.6. The fourth-order valence-electron chi connectivity index (χ4n) is 2.66. The normalized spacial score (nSPS) is 20.6. The van der Waals surface area contributed by atoms with Crippen molar-refractivity contribution in [3.8, 4) is 0 Å². The first-order valence-electron chi connectivity index (χ1n) is 5.70. The number of benzene rings is 1. The van der Waals surface area contributed by atoms with Crippen LogP contribution in [0.2, 0.25) is 0 Å². The Morgan fingerprint density at radius 2 is 1.81 bits per heavy atom. The zero-order valence-corrected chi connectivity index (χ0v) is 9.23. The Morgan fingerprint density at radius 1 is 1.25 bits per heavy atom. The van der Waals surface area contributed by atoms with E-state index < -0.39 is 17.4 Å². The van der Waals surface area contributed by atoms with Crippen molar-refractivity contribution in [1.82, 2.24) is 0 Å². The van der Waals surface area contributed by atoms with Crippen LogP contribution in [0.15, 0.2) is 30.3 Å². The molecule has 0 heterocycles. The monoisotopic (exact) mass is 219 g/mol. The van der Waals surface area contributed by atoms with E-state index in [1.54, 1.807) is 0 Å². The van der Waals surface area contributed by atoms with Gasteiger partial charge in [-0.2, -0.15) is 0 Å². The highest BCUT2D eigenvalue weighted by Gasteiger charge is 2.43. The number of carbonyl (C=O) groups excluding carboxylic acids is 1. The number of amides is 1. The van der Waals surface area contributed by atoms with Crippen LogP contribution in [0.1, 0.15) is 37.2 Å². The number of carbonyl (C=O) groups is 1. The van der Waals surface area contributed by atoms with Gasteiger partial charge in [-0.25, -0.2) is 0 Å². The van der Waals surface area contributed by atoms with E-state index in [1.165, 1.54) is 0 Å². The van der Waals surface area contributed by atoms with Gasteiger partial charge in [-0.15, -0.1) is 0 Å². The Bertz CT molecular complexity index is 369. The van der Waals surface area contributed by atoms with Gasteiger partial charge in [0.1, 0.15) is 0 Å². The topological polar surface area (TPSA) is 63.3 Å². The third-order valence-corrected chi connectivity index (χ3v) is 3.42. The van der Waals surface area contributed by atoms with Crippen molar-refractivity contribution in [3.63, 3.8) is 0 Å². The van der Waals surface area contributed by atoms with Crippen molar-refractivity contribution < 1.29 is 9.90 Å². The summed E-state index contributed by atoms with van der Waals surface area (Å²) in [4.78, 5) is 11.6. The van der Waals surface area contributed by atoms with Gasteiger partial charge in [-0.3, -0.25) is 4.79 Å². The minimum Gasteiger partial charge on any atom is -0.389 e. The Hall–Kier alpha value is -1.35. The van der Waals surface area contributed by atoms with Crippen LogP contribution in [0, 0.1) is 0 Å². The van der Waals surface area contributed by atoms with Crippen LogP contribution in [0.4, 0.5) is 0 Å². The minimum atomic E-state index is -0.937. The van der Waals surface area contributed by atoms with Crippen molar-refractivity contribution >= 4 is 5.91 Å². The number of hydrogen-bond donors (Lipinski definition) is 2. The maximum atomic E-state index is 11.6. The fraction of sp³-hybridized carbons (Fsp3) is 0.462. The second kappa shape index (κ2) is 4.26. The van der Waals surface area contributed by atoms with Crippen LogP contribution in [0.3, 0.4) is 0 Å². The summed E-state index contributed by atoms with van der Waals surface area (Å²) >= 11 is 0. The van der Waals surface area contributed by atoms with Crippen LogP contribution in [-0.2, 0) is 4.79 Å². The highest BCUT2D eigenvalue weighted by atomic mass is 16.3. The van der Waals surface area contributed by atoms with Crippen LogP contribution in [-0.4, -0.2) is 16.6 Å². The Kier molecular flexibility index (Phi) is 2.97. The largest absolute Gasteiger partial charge is 0.389 e. The molecule has 3 heteroatoms. The molecule has 1 unspecified atom stereocenters. The molecule has 1 saturated carbocycles. The van der Waals surface area contributed by atoms with Gasteiger partial charge in [0, 0.05) is 0 Å². The second-order valence-corrected chi connectivity index (χ2v) is 4.56. The first-order valence-corrected chi connectivity index (χ1v) is 5.70. The molecule has 1 amide bonds. The Morgan fingerprint density at radius 3 is 2.31 bits per heavy atom. The van der Waals surface area contributed by atoms with E-state index in [4.69, 9.17) is 5.73 Å². The molecule has 1 atom stereocenters. The average Bonchev–Trinajstić information content (AvgIpc) is 2.67. The molecule has 16 heavy (non-hydrogen) atoms. The molecule has 3 N–H and O–H groups in total. The van der Waals surface area contributed by atoms with Gasteiger partial charge in [0.25, 0.3) is 0 Å². The summed E-state index contributed by atoms with van der Waals surface area (Å²) in [7, 11) is 0. The Labute approximate surface area is 95.3 Å². The van der Waals surface area contributed by atoms with E-state index in [0.717, 1.165) is 18.4 Å². The van der Waals surface area contributed by atoms with E-state index >= 15 is 0 Å². The van der Waals surface area contributed by atoms with Gasteiger partial charge < -0.3 is 10.8 Å². The molecule has 1 aliphatic carbocycles. The highest BCUT2D eigenvalue weighted by Crippen LogP contribution is 2.40. The molecule has 0 aliphatic heterocycles. The predicted octanol–water partition coefficient (Wildman–Crippen LogP) is 1.56. The molecule has 3 nitrogen and oxygen atoms in total. The molecule has 0 radical (unpaired) electrons. The summed E-state index contributed by atoms with van der Waals surface area (Å²) < 4.78 is 0. The standard InChI is InChI=1S/C13H17NO2/c14-12(15)11(10-6-2-1-3-7-10)13(16)8-4-5-9-13/h1-3,6-7,11,16H,4-5,8-9H2,(H2,14,15). The molecule has 1 aliphatic rings. The maximum absolute atomic E-state index is 11.6. The number of aliphatic hydroxyl groups is 1. The summed E-state index contributed by atoms with van der Waals surface area (Å²) in [6.07, 6.45) is 3.26. The number of nitrogens with two attached hydrogens (primary N) is 1. The minimum absolute atomic E-state index is 0.435. The molecule has 1 aromatic rings. The highest BCUT2D eigenvalue weighted by molar-refractivity contribution is 5.83. The maximum Gasteiger partial charge on any atom is 0.227 e.